The largest absolute Gasteiger partial charge is 0.493 e. The van der Waals surface area contributed by atoms with Crippen molar-refractivity contribution in [2.75, 3.05) is 13.2 Å². The van der Waals surface area contributed by atoms with E-state index in [0.717, 1.165) is 36.2 Å². The van der Waals surface area contributed by atoms with Gasteiger partial charge in [0.1, 0.15) is 17.6 Å². The lowest BCUT2D eigenvalue weighted by molar-refractivity contribution is -0.141. The molecule has 4 bridgehead atoms. The average molecular weight is 442 g/mol. The number of hydrogen-bond acceptors (Lipinski definition) is 3. The van der Waals surface area contributed by atoms with E-state index in [2.05, 4.69) is 0 Å². The highest BCUT2D eigenvalue weighted by atomic mass is 19.1. The number of aliphatic carboxylic acids is 1. The average Bonchev–Trinajstić information content (AvgIpc) is 3.45. The Kier molecular flexibility index (Phi) is 4.78. The Morgan fingerprint density at radius 2 is 1.72 bits per heavy atom. The number of carbonyl (C=O) groups excluding carboxylic acids is 1. The zero-order chi connectivity index (χ0) is 22.0. The fraction of sp³-hybridized carbons (Fsp3) is 0.692. The molecule has 0 spiro atoms. The molecule has 6 heteroatoms. The summed E-state index contributed by atoms with van der Waals surface area (Å²) in [6, 6.07) is 2.19. The molecule has 6 fully saturated rings. The molecule has 0 radical (unpaired) electrons. The van der Waals surface area contributed by atoms with Gasteiger partial charge in [-0.15, -0.1) is 0 Å². The SMILES string of the molecule is O=C(O)C1CCCN1C(=O)c1cc(C2CC2)c(OCC23CC4CC(CC(C4)C2)C3)cc1F. The smallest absolute Gasteiger partial charge is 0.326 e. The molecule has 1 unspecified atom stereocenters. The first kappa shape index (κ1) is 20.5. The number of halogens is 1. The standard InChI is InChI=1S/C26H32FNO4/c27-21-10-23(32-14-26-11-15-6-16(12-26)8-17(7-15)13-26)19(18-3-4-18)9-20(21)24(29)28-5-1-2-22(28)25(30)31/h9-10,15-18,22H,1-8,11-14H2,(H,30,31). The Bertz CT molecular complexity index is 920. The van der Waals surface area contributed by atoms with E-state index in [-0.39, 0.29) is 11.0 Å². The van der Waals surface area contributed by atoms with Crippen molar-refractivity contribution in [3.8, 4) is 5.75 Å². The van der Waals surface area contributed by atoms with E-state index in [1.165, 1.54) is 49.5 Å². The zero-order valence-corrected chi connectivity index (χ0v) is 18.5. The number of likely N-dealkylation sites (tertiary alicyclic amines) is 1. The third kappa shape index (κ3) is 3.50. The minimum absolute atomic E-state index is 0.0118. The molecule has 5 saturated carbocycles. The molecule has 5 aliphatic carbocycles. The maximum absolute atomic E-state index is 15.2. The Hall–Kier alpha value is -2.11. The van der Waals surface area contributed by atoms with Crippen LogP contribution >= 0.6 is 0 Å². The summed E-state index contributed by atoms with van der Waals surface area (Å²) in [5.74, 6) is 1.29. The van der Waals surface area contributed by atoms with Crippen LogP contribution < -0.4 is 4.74 Å². The fourth-order valence-corrected chi connectivity index (χ4v) is 7.69. The first-order valence-electron chi connectivity index (χ1n) is 12.4. The number of nitrogens with zero attached hydrogens (tertiary/aromatic N) is 1. The van der Waals surface area contributed by atoms with E-state index in [1.54, 1.807) is 6.07 Å². The van der Waals surface area contributed by atoms with Gasteiger partial charge in [-0.1, -0.05) is 0 Å². The molecule has 1 aromatic carbocycles. The summed E-state index contributed by atoms with van der Waals surface area (Å²) in [4.78, 5) is 25.9. The molecular weight excluding hydrogens is 409 g/mol. The highest BCUT2D eigenvalue weighted by molar-refractivity contribution is 5.97. The van der Waals surface area contributed by atoms with Crippen molar-refractivity contribution < 1.29 is 23.8 Å². The monoisotopic (exact) mass is 441 g/mol. The van der Waals surface area contributed by atoms with Crippen LogP contribution in [0.15, 0.2) is 12.1 Å². The van der Waals surface area contributed by atoms with Crippen LogP contribution in [0.5, 0.6) is 5.75 Å². The highest BCUT2D eigenvalue weighted by Crippen LogP contribution is 2.60. The van der Waals surface area contributed by atoms with Crippen LogP contribution in [0, 0.1) is 29.0 Å². The molecule has 1 aliphatic heterocycles. The topological polar surface area (TPSA) is 66.8 Å². The lowest BCUT2D eigenvalue weighted by atomic mass is 9.50. The van der Waals surface area contributed by atoms with Crippen molar-refractivity contribution in [3.63, 3.8) is 0 Å². The number of carboxylic acid groups (broad SMARTS) is 1. The van der Waals surface area contributed by atoms with Gasteiger partial charge in [0.15, 0.2) is 0 Å². The summed E-state index contributed by atoms with van der Waals surface area (Å²) in [5, 5.41) is 9.42. The Balaban J connectivity index is 1.24. The lowest BCUT2D eigenvalue weighted by Gasteiger charge is -2.56. The van der Waals surface area contributed by atoms with Gasteiger partial charge in [-0.2, -0.15) is 0 Å². The summed E-state index contributed by atoms with van der Waals surface area (Å²) in [6.07, 6.45) is 11.0. The van der Waals surface area contributed by atoms with Crippen LogP contribution in [0.25, 0.3) is 0 Å². The Morgan fingerprint density at radius 3 is 2.31 bits per heavy atom. The van der Waals surface area contributed by atoms with Gasteiger partial charge in [-0.3, -0.25) is 4.79 Å². The molecule has 1 aromatic rings. The van der Waals surface area contributed by atoms with Crippen LogP contribution in [0.2, 0.25) is 0 Å². The van der Waals surface area contributed by atoms with Crippen molar-refractivity contribution in [1.82, 2.24) is 4.90 Å². The molecule has 1 saturated heterocycles. The third-order valence-electron chi connectivity index (χ3n) is 8.84. The minimum Gasteiger partial charge on any atom is -0.493 e. The predicted octanol–water partition coefficient (Wildman–Crippen LogP) is 4.99. The van der Waals surface area contributed by atoms with E-state index < -0.39 is 23.7 Å². The molecule has 172 valence electrons. The fourth-order valence-electron chi connectivity index (χ4n) is 7.69. The summed E-state index contributed by atoms with van der Waals surface area (Å²) in [5.41, 5.74) is 1.15. The maximum atomic E-state index is 15.2. The van der Waals surface area contributed by atoms with E-state index in [9.17, 15) is 14.7 Å². The second-order valence-electron chi connectivity index (χ2n) is 11.3. The van der Waals surface area contributed by atoms with Gasteiger partial charge in [0.2, 0.25) is 0 Å². The third-order valence-corrected chi connectivity index (χ3v) is 8.84. The number of benzene rings is 1. The van der Waals surface area contributed by atoms with Gasteiger partial charge in [-0.05, 0) is 99.5 Å². The van der Waals surface area contributed by atoms with Crippen LogP contribution in [0.4, 0.5) is 4.39 Å². The van der Waals surface area contributed by atoms with Crippen molar-refractivity contribution in [1.29, 1.82) is 0 Å². The quantitative estimate of drug-likeness (QED) is 0.676. The van der Waals surface area contributed by atoms with Gasteiger partial charge in [0, 0.05) is 18.0 Å². The second-order valence-corrected chi connectivity index (χ2v) is 11.3. The van der Waals surface area contributed by atoms with Crippen molar-refractivity contribution in [3.05, 3.63) is 29.1 Å². The summed E-state index contributed by atoms with van der Waals surface area (Å²) in [6.45, 7) is 1.01. The van der Waals surface area contributed by atoms with Gasteiger partial charge in [-0.25, -0.2) is 9.18 Å². The lowest BCUT2D eigenvalue weighted by Crippen LogP contribution is -2.48. The van der Waals surface area contributed by atoms with E-state index in [1.807, 2.05) is 0 Å². The van der Waals surface area contributed by atoms with Crippen molar-refractivity contribution in [2.45, 2.75) is 76.2 Å². The molecule has 1 atom stereocenters. The van der Waals surface area contributed by atoms with Crippen molar-refractivity contribution in [2.24, 2.45) is 23.2 Å². The maximum Gasteiger partial charge on any atom is 0.326 e. The van der Waals surface area contributed by atoms with Crippen LogP contribution in [0.1, 0.15) is 86.0 Å². The van der Waals surface area contributed by atoms with Crippen LogP contribution in [-0.2, 0) is 4.79 Å². The highest BCUT2D eigenvalue weighted by Gasteiger charge is 2.51. The number of carboxylic acids is 1. The Labute approximate surface area is 188 Å². The van der Waals surface area contributed by atoms with Gasteiger partial charge >= 0.3 is 5.97 Å². The molecule has 32 heavy (non-hydrogen) atoms. The van der Waals surface area contributed by atoms with E-state index >= 15 is 4.39 Å². The van der Waals surface area contributed by atoms with E-state index in [0.29, 0.717) is 37.7 Å². The molecule has 1 heterocycles. The molecule has 1 amide bonds. The summed E-state index contributed by atoms with van der Waals surface area (Å²) < 4.78 is 21.5. The first-order chi connectivity index (χ1) is 15.4. The number of rotatable bonds is 6. The molecule has 7 rings (SSSR count). The molecule has 6 aliphatic rings. The van der Waals surface area contributed by atoms with Crippen molar-refractivity contribution >= 4 is 11.9 Å². The second kappa shape index (κ2) is 7.46. The minimum atomic E-state index is -1.02. The first-order valence-corrected chi connectivity index (χ1v) is 12.4. The predicted molar refractivity (Wildman–Crippen MR) is 116 cm³/mol. The number of ether oxygens (including phenoxy) is 1. The number of amides is 1. The normalized spacial score (nSPS) is 35.3. The number of hydrogen-bond donors (Lipinski definition) is 1. The Morgan fingerprint density at radius 1 is 1.06 bits per heavy atom. The molecule has 5 nitrogen and oxygen atoms in total. The molecular formula is C26H32FNO4. The summed E-state index contributed by atoms with van der Waals surface area (Å²) in [7, 11) is 0. The van der Waals surface area contributed by atoms with Crippen LogP contribution in [-0.4, -0.2) is 41.1 Å². The molecule has 0 aromatic heterocycles. The van der Waals surface area contributed by atoms with Gasteiger partial charge in [0.25, 0.3) is 5.91 Å². The summed E-state index contributed by atoms with van der Waals surface area (Å²) >= 11 is 0. The molecule has 1 N–H and O–H groups in total. The zero-order valence-electron chi connectivity index (χ0n) is 18.5. The number of carbonyl (C=O) groups is 2. The van der Waals surface area contributed by atoms with E-state index in [4.69, 9.17) is 4.74 Å². The van der Waals surface area contributed by atoms with Gasteiger partial charge in [0.05, 0.1) is 12.2 Å². The van der Waals surface area contributed by atoms with Gasteiger partial charge < -0.3 is 14.7 Å². The van der Waals surface area contributed by atoms with Crippen LogP contribution in [0.3, 0.4) is 0 Å².